The summed E-state index contributed by atoms with van der Waals surface area (Å²) in [6, 6.07) is 5.48. The molecule has 130 valence electrons. The number of ketones is 1. The maximum Gasteiger partial charge on any atom is 0.159 e. The first-order chi connectivity index (χ1) is 11.3. The van der Waals surface area contributed by atoms with Gasteiger partial charge in [-0.1, -0.05) is 31.2 Å². The SMILES string of the molecule is C=C(C)C(O)=C(Cc1cc(Cl)ccc1CN=C(CC)CN)C(C)=O. The summed E-state index contributed by atoms with van der Waals surface area (Å²) in [6.45, 7) is 9.69. The van der Waals surface area contributed by atoms with E-state index >= 15 is 0 Å². The first-order valence-electron chi connectivity index (χ1n) is 7.88. The van der Waals surface area contributed by atoms with Crippen molar-refractivity contribution in [1.29, 1.82) is 0 Å². The van der Waals surface area contributed by atoms with Crippen molar-refractivity contribution in [2.45, 2.75) is 40.2 Å². The molecule has 3 N–H and O–H groups in total. The van der Waals surface area contributed by atoms with Gasteiger partial charge in [-0.25, -0.2) is 0 Å². The molecule has 0 bridgehead atoms. The van der Waals surface area contributed by atoms with E-state index in [0.29, 0.717) is 29.3 Å². The predicted molar refractivity (Wildman–Crippen MR) is 101 cm³/mol. The second-order valence-electron chi connectivity index (χ2n) is 5.69. The van der Waals surface area contributed by atoms with E-state index in [1.165, 1.54) is 6.92 Å². The smallest absolute Gasteiger partial charge is 0.159 e. The van der Waals surface area contributed by atoms with Gasteiger partial charge >= 0.3 is 0 Å². The van der Waals surface area contributed by atoms with E-state index in [9.17, 15) is 9.90 Å². The number of hydrogen-bond acceptors (Lipinski definition) is 4. The molecular formula is C19H25ClN2O2. The summed E-state index contributed by atoms with van der Waals surface area (Å²) in [7, 11) is 0. The second-order valence-corrected chi connectivity index (χ2v) is 6.13. The molecule has 4 nitrogen and oxygen atoms in total. The number of Topliss-reactive ketones (excluding diaryl/α,β-unsaturated/α-hetero) is 1. The van der Waals surface area contributed by atoms with Crippen LogP contribution in [0.5, 0.6) is 0 Å². The third-order valence-electron chi connectivity index (χ3n) is 3.77. The Bertz CT molecular complexity index is 685. The number of nitrogens with zero attached hydrogens (tertiary/aromatic N) is 1. The average molecular weight is 349 g/mol. The van der Waals surface area contributed by atoms with Gasteiger partial charge in [0.15, 0.2) is 5.78 Å². The van der Waals surface area contributed by atoms with E-state index < -0.39 is 0 Å². The molecule has 0 radical (unpaired) electrons. The maximum atomic E-state index is 11.9. The van der Waals surface area contributed by atoms with Crippen molar-refractivity contribution in [1.82, 2.24) is 0 Å². The Kier molecular flexibility index (Phi) is 7.89. The minimum atomic E-state index is -0.193. The molecule has 1 aromatic rings. The van der Waals surface area contributed by atoms with Crippen LogP contribution in [0.2, 0.25) is 5.02 Å². The summed E-state index contributed by atoms with van der Waals surface area (Å²) >= 11 is 6.10. The van der Waals surface area contributed by atoms with E-state index in [0.717, 1.165) is 23.3 Å². The highest BCUT2D eigenvalue weighted by atomic mass is 35.5. The van der Waals surface area contributed by atoms with E-state index in [4.69, 9.17) is 17.3 Å². The summed E-state index contributed by atoms with van der Waals surface area (Å²) in [5.74, 6) is -0.255. The Balaban J connectivity index is 3.25. The number of carbonyl (C=O) groups excluding carboxylic acids is 1. The molecular weight excluding hydrogens is 324 g/mol. The van der Waals surface area contributed by atoms with Crippen LogP contribution in [0, 0.1) is 0 Å². The molecule has 0 amide bonds. The first kappa shape index (κ1) is 20.1. The lowest BCUT2D eigenvalue weighted by Crippen LogP contribution is -2.13. The number of aliphatic hydroxyl groups is 1. The second kappa shape index (κ2) is 9.40. The highest BCUT2D eigenvalue weighted by molar-refractivity contribution is 6.30. The van der Waals surface area contributed by atoms with Gasteiger partial charge in [0.1, 0.15) is 5.76 Å². The number of nitrogens with two attached hydrogens (primary N) is 1. The number of aliphatic hydroxyl groups excluding tert-OH is 1. The molecule has 1 aromatic carbocycles. The summed E-state index contributed by atoms with van der Waals surface area (Å²) in [4.78, 5) is 16.4. The number of aliphatic imine (C=N–C) groups is 1. The lowest BCUT2D eigenvalue weighted by molar-refractivity contribution is -0.113. The van der Waals surface area contributed by atoms with E-state index in [2.05, 4.69) is 11.6 Å². The van der Waals surface area contributed by atoms with Crippen LogP contribution in [0.25, 0.3) is 0 Å². The summed E-state index contributed by atoms with van der Waals surface area (Å²) in [5.41, 5.74) is 9.18. The Labute approximate surface area is 148 Å². The maximum absolute atomic E-state index is 11.9. The molecule has 0 aliphatic heterocycles. The van der Waals surface area contributed by atoms with Crippen LogP contribution >= 0.6 is 11.6 Å². The van der Waals surface area contributed by atoms with Crippen LogP contribution in [-0.2, 0) is 17.8 Å². The van der Waals surface area contributed by atoms with Gasteiger partial charge in [-0.2, -0.15) is 0 Å². The molecule has 0 aliphatic carbocycles. The van der Waals surface area contributed by atoms with E-state index in [1.807, 2.05) is 13.0 Å². The monoisotopic (exact) mass is 348 g/mol. The van der Waals surface area contributed by atoms with Gasteiger partial charge in [0.05, 0.1) is 6.54 Å². The Hall–Kier alpha value is -1.91. The van der Waals surface area contributed by atoms with Gasteiger partial charge in [0.2, 0.25) is 0 Å². The summed E-state index contributed by atoms with van der Waals surface area (Å²) < 4.78 is 0. The van der Waals surface area contributed by atoms with Gasteiger partial charge < -0.3 is 10.8 Å². The number of hydrogen-bond donors (Lipinski definition) is 2. The number of carbonyl (C=O) groups is 1. The van der Waals surface area contributed by atoms with Crippen molar-refractivity contribution < 1.29 is 9.90 Å². The van der Waals surface area contributed by atoms with Crippen molar-refractivity contribution in [3.63, 3.8) is 0 Å². The van der Waals surface area contributed by atoms with Crippen LogP contribution in [0.3, 0.4) is 0 Å². The fraction of sp³-hybridized carbons (Fsp3) is 0.368. The van der Waals surface area contributed by atoms with Crippen LogP contribution in [0.4, 0.5) is 0 Å². The third kappa shape index (κ3) is 5.62. The molecule has 1 rings (SSSR count). The van der Waals surface area contributed by atoms with E-state index in [1.54, 1.807) is 19.1 Å². The predicted octanol–water partition coefficient (Wildman–Crippen LogP) is 4.17. The number of benzene rings is 1. The molecule has 0 unspecified atom stereocenters. The average Bonchev–Trinajstić information content (AvgIpc) is 2.53. The molecule has 24 heavy (non-hydrogen) atoms. The highest BCUT2D eigenvalue weighted by Gasteiger charge is 2.15. The molecule has 5 heteroatoms. The largest absolute Gasteiger partial charge is 0.507 e. The van der Waals surface area contributed by atoms with Gasteiger partial charge in [-0.3, -0.25) is 9.79 Å². The highest BCUT2D eigenvalue weighted by Crippen LogP contribution is 2.23. The molecule has 0 saturated heterocycles. The molecule has 0 spiro atoms. The lowest BCUT2D eigenvalue weighted by Gasteiger charge is -2.12. The fourth-order valence-electron chi connectivity index (χ4n) is 2.25. The molecule has 0 saturated carbocycles. The van der Waals surface area contributed by atoms with Gasteiger partial charge in [-0.15, -0.1) is 0 Å². The van der Waals surface area contributed by atoms with Gasteiger partial charge in [-0.05, 0) is 49.1 Å². The standard InChI is InChI=1S/C19H25ClN2O2/c1-5-17(10-21)22-11-14-6-7-16(20)8-15(14)9-18(13(4)23)19(24)12(2)3/h6-8,24H,2,5,9-11,21H2,1,3-4H3. The summed E-state index contributed by atoms with van der Waals surface area (Å²) in [5, 5.41) is 10.7. The Morgan fingerprint density at radius 3 is 2.50 bits per heavy atom. The fourth-order valence-corrected chi connectivity index (χ4v) is 2.45. The zero-order valence-corrected chi connectivity index (χ0v) is 15.3. The zero-order valence-electron chi connectivity index (χ0n) is 14.5. The molecule has 0 heterocycles. The van der Waals surface area contributed by atoms with Gasteiger partial charge in [0, 0.05) is 29.3 Å². The topological polar surface area (TPSA) is 75.7 Å². The first-order valence-corrected chi connectivity index (χ1v) is 8.26. The number of allylic oxidation sites excluding steroid dienone is 2. The normalized spacial score (nSPS) is 12.8. The zero-order chi connectivity index (χ0) is 18.3. The quantitative estimate of drug-likeness (QED) is 0.320. The number of halogens is 1. The Morgan fingerprint density at radius 1 is 1.33 bits per heavy atom. The van der Waals surface area contributed by atoms with Crippen LogP contribution in [-0.4, -0.2) is 23.1 Å². The molecule has 0 atom stereocenters. The van der Waals surface area contributed by atoms with Crippen LogP contribution < -0.4 is 5.73 Å². The molecule has 0 aromatic heterocycles. The van der Waals surface area contributed by atoms with Crippen molar-refractivity contribution >= 4 is 23.1 Å². The molecule has 0 aliphatic rings. The van der Waals surface area contributed by atoms with Crippen LogP contribution in [0.15, 0.2) is 46.7 Å². The third-order valence-corrected chi connectivity index (χ3v) is 4.00. The number of rotatable bonds is 8. The molecule has 0 fully saturated rings. The van der Waals surface area contributed by atoms with Crippen molar-refractivity contribution in [2.24, 2.45) is 10.7 Å². The van der Waals surface area contributed by atoms with Crippen molar-refractivity contribution in [2.75, 3.05) is 6.54 Å². The van der Waals surface area contributed by atoms with Gasteiger partial charge in [0.25, 0.3) is 0 Å². The van der Waals surface area contributed by atoms with Crippen molar-refractivity contribution in [3.8, 4) is 0 Å². The lowest BCUT2D eigenvalue weighted by atomic mass is 9.95. The minimum Gasteiger partial charge on any atom is -0.507 e. The van der Waals surface area contributed by atoms with E-state index in [-0.39, 0.29) is 18.0 Å². The summed E-state index contributed by atoms with van der Waals surface area (Å²) in [6.07, 6.45) is 1.08. The Morgan fingerprint density at radius 2 is 2.00 bits per heavy atom. The van der Waals surface area contributed by atoms with Crippen LogP contribution in [0.1, 0.15) is 38.3 Å². The van der Waals surface area contributed by atoms with Crippen molar-refractivity contribution in [3.05, 3.63) is 57.8 Å². The minimum absolute atomic E-state index is 0.0619.